The molecule has 0 saturated heterocycles. The zero-order valence-corrected chi connectivity index (χ0v) is 30.1. The molecule has 0 atom stereocenters. The Labute approximate surface area is 312 Å². The van der Waals surface area contributed by atoms with Crippen LogP contribution in [0.3, 0.4) is 0 Å². The number of aliphatic hydroxyl groups excluding tert-OH is 1. The SMILES string of the molecule is CO.O=C(O)c1ccc(CCNCCc2ccccc2OCc2ccc(-c3ccc(C(F)(F)F)cc3)cc2Cl)cc1.O=Cc1ccc2c(n1)CCCC2. The van der Waals surface area contributed by atoms with Gasteiger partial charge in [-0.25, -0.2) is 9.78 Å². The number of alkyl halides is 3. The van der Waals surface area contributed by atoms with Crippen LogP contribution in [0.5, 0.6) is 5.75 Å². The Bertz CT molecular complexity index is 1930. The second-order valence-corrected chi connectivity index (χ2v) is 12.6. The van der Waals surface area contributed by atoms with Gasteiger partial charge in [-0.3, -0.25) is 4.79 Å². The largest absolute Gasteiger partial charge is 0.489 e. The van der Waals surface area contributed by atoms with E-state index in [0.29, 0.717) is 16.3 Å². The Balaban J connectivity index is 0.000000374. The van der Waals surface area contributed by atoms with Gasteiger partial charge in [0, 0.05) is 23.4 Å². The van der Waals surface area contributed by atoms with Gasteiger partial charge in [0.15, 0.2) is 6.29 Å². The number of carbonyl (C=O) groups excluding carboxylic acids is 1. The molecular weight excluding hydrogens is 705 g/mol. The number of para-hydroxylation sites is 1. The Kier molecular flexibility index (Phi) is 15.6. The Hall–Kier alpha value is -5.03. The molecule has 1 aliphatic carbocycles. The first-order chi connectivity index (χ1) is 25.6. The molecule has 0 spiro atoms. The van der Waals surface area contributed by atoms with Crippen molar-refractivity contribution in [2.45, 2.75) is 51.3 Å². The number of carboxylic acid groups (broad SMARTS) is 1. The molecule has 1 aliphatic rings. The van der Waals surface area contributed by atoms with Crippen LogP contribution in [-0.2, 0) is 38.5 Å². The van der Waals surface area contributed by atoms with Crippen molar-refractivity contribution in [2.24, 2.45) is 0 Å². The van der Waals surface area contributed by atoms with Crippen LogP contribution in [0.1, 0.15) is 67.2 Å². The summed E-state index contributed by atoms with van der Waals surface area (Å²) in [6, 6.07) is 28.9. The van der Waals surface area contributed by atoms with Crippen LogP contribution in [0.15, 0.2) is 103 Å². The zero-order chi connectivity index (χ0) is 38.2. The number of carbonyl (C=O) groups is 2. The Morgan fingerprint density at radius 3 is 2.21 bits per heavy atom. The van der Waals surface area contributed by atoms with E-state index in [2.05, 4.69) is 10.3 Å². The van der Waals surface area contributed by atoms with E-state index in [-0.39, 0.29) is 12.2 Å². The third kappa shape index (κ3) is 12.3. The van der Waals surface area contributed by atoms with Crippen LogP contribution in [0.4, 0.5) is 13.2 Å². The number of pyridine rings is 1. The summed E-state index contributed by atoms with van der Waals surface area (Å²) < 4.78 is 44.6. The van der Waals surface area contributed by atoms with E-state index in [1.165, 1.54) is 30.5 Å². The van der Waals surface area contributed by atoms with Gasteiger partial charge < -0.3 is 20.3 Å². The summed E-state index contributed by atoms with van der Waals surface area (Å²) in [6.07, 6.45) is 2.62. The predicted molar refractivity (Wildman–Crippen MR) is 201 cm³/mol. The van der Waals surface area contributed by atoms with Crippen LogP contribution in [0.25, 0.3) is 11.1 Å². The summed E-state index contributed by atoms with van der Waals surface area (Å²) in [6.45, 7) is 1.76. The molecule has 0 bridgehead atoms. The van der Waals surface area contributed by atoms with Gasteiger partial charge in [-0.15, -0.1) is 0 Å². The highest BCUT2D eigenvalue weighted by Crippen LogP contribution is 2.32. The number of aliphatic hydroxyl groups is 1. The molecule has 53 heavy (non-hydrogen) atoms. The highest BCUT2D eigenvalue weighted by Gasteiger charge is 2.30. The highest BCUT2D eigenvalue weighted by molar-refractivity contribution is 6.31. The Morgan fingerprint density at radius 1 is 0.849 bits per heavy atom. The monoisotopic (exact) mass is 746 g/mol. The first kappa shape index (κ1) is 40.7. The number of nitrogens with one attached hydrogen (secondary N) is 1. The molecule has 3 N–H and O–H groups in total. The molecule has 0 aliphatic heterocycles. The number of aromatic nitrogens is 1. The van der Waals surface area contributed by atoms with E-state index >= 15 is 0 Å². The molecule has 1 aromatic heterocycles. The fourth-order valence-electron chi connectivity index (χ4n) is 5.76. The summed E-state index contributed by atoms with van der Waals surface area (Å²) in [5.74, 6) is -0.176. The minimum absolute atomic E-state index is 0.253. The molecule has 0 unspecified atom stereocenters. The minimum atomic E-state index is -4.37. The molecule has 5 aromatic rings. The lowest BCUT2D eigenvalue weighted by Crippen LogP contribution is -2.20. The normalized spacial score (nSPS) is 12.0. The van der Waals surface area contributed by atoms with Crippen LogP contribution in [0.2, 0.25) is 5.02 Å². The number of carboxylic acids is 1. The van der Waals surface area contributed by atoms with E-state index in [1.54, 1.807) is 24.3 Å². The number of hydrogen-bond acceptors (Lipinski definition) is 6. The summed E-state index contributed by atoms with van der Waals surface area (Å²) in [5, 5.41) is 19.9. The van der Waals surface area contributed by atoms with E-state index in [4.69, 9.17) is 26.6 Å². The average Bonchev–Trinajstić information content (AvgIpc) is 3.18. The number of aromatic carboxylic acids is 1. The number of aryl methyl sites for hydroxylation is 2. The van der Waals surface area contributed by atoms with Gasteiger partial charge in [0.2, 0.25) is 0 Å². The summed E-state index contributed by atoms with van der Waals surface area (Å²) in [4.78, 5) is 25.7. The van der Waals surface area contributed by atoms with Crippen molar-refractivity contribution in [3.8, 4) is 16.9 Å². The van der Waals surface area contributed by atoms with Crippen molar-refractivity contribution < 1.29 is 37.7 Å². The lowest BCUT2D eigenvalue weighted by atomic mass is 9.96. The predicted octanol–water partition coefficient (Wildman–Crippen LogP) is 9.06. The summed E-state index contributed by atoms with van der Waals surface area (Å²) in [5.41, 5.74) is 6.87. The second-order valence-electron chi connectivity index (χ2n) is 12.2. The number of ether oxygens (including phenoxy) is 1. The van der Waals surface area contributed by atoms with E-state index < -0.39 is 17.7 Å². The van der Waals surface area contributed by atoms with Crippen LogP contribution in [-0.4, -0.2) is 47.7 Å². The molecule has 6 rings (SSSR count). The first-order valence-electron chi connectivity index (χ1n) is 17.2. The number of aldehydes is 1. The van der Waals surface area contributed by atoms with Crippen molar-refractivity contribution in [1.29, 1.82) is 0 Å². The molecule has 11 heteroatoms. The molecule has 4 aromatic carbocycles. The topological polar surface area (TPSA) is 109 Å². The zero-order valence-electron chi connectivity index (χ0n) is 29.3. The smallest absolute Gasteiger partial charge is 0.416 e. The van der Waals surface area contributed by atoms with E-state index in [1.807, 2.05) is 54.6 Å². The van der Waals surface area contributed by atoms with E-state index in [0.717, 1.165) is 98.0 Å². The van der Waals surface area contributed by atoms with Crippen molar-refractivity contribution in [2.75, 3.05) is 20.2 Å². The maximum absolute atomic E-state index is 12.8. The number of halogens is 4. The molecule has 278 valence electrons. The van der Waals surface area contributed by atoms with Gasteiger partial charge in [-0.1, -0.05) is 72.3 Å². The van der Waals surface area contributed by atoms with Crippen LogP contribution >= 0.6 is 11.6 Å². The number of benzene rings is 4. The van der Waals surface area contributed by atoms with Gasteiger partial charge in [0.25, 0.3) is 0 Å². The van der Waals surface area contributed by atoms with Crippen molar-refractivity contribution in [3.63, 3.8) is 0 Å². The summed E-state index contributed by atoms with van der Waals surface area (Å²) >= 11 is 6.48. The van der Waals surface area contributed by atoms with Crippen LogP contribution < -0.4 is 10.1 Å². The lowest BCUT2D eigenvalue weighted by molar-refractivity contribution is -0.137. The average molecular weight is 747 g/mol. The third-order valence-corrected chi connectivity index (χ3v) is 8.99. The van der Waals surface area contributed by atoms with Gasteiger partial charge in [-0.2, -0.15) is 13.2 Å². The van der Waals surface area contributed by atoms with Crippen LogP contribution in [0, 0.1) is 0 Å². The van der Waals surface area contributed by atoms with Crippen molar-refractivity contribution >= 4 is 23.9 Å². The fraction of sp³-hybridized carbons (Fsp3) is 0.262. The first-order valence-corrected chi connectivity index (χ1v) is 17.6. The van der Waals surface area contributed by atoms with Crippen molar-refractivity contribution in [3.05, 3.63) is 153 Å². The summed E-state index contributed by atoms with van der Waals surface area (Å²) in [7, 11) is 1.00. The molecule has 1 heterocycles. The number of rotatable bonds is 12. The number of hydrogen-bond donors (Lipinski definition) is 3. The molecule has 7 nitrogen and oxygen atoms in total. The third-order valence-electron chi connectivity index (χ3n) is 8.64. The maximum Gasteiger partial charge on any atom is 0.416 e. The number of nitrogens with zero attached hydrogens (tertiary/aromatic N) is 1. The number of fused-ring (bicyclic) bond motifs is 1. The molecular formula is C42H42ClF3N2O5. The quantitative estimate of drug-likeness (QED) is 0.0864. The van der Waals surface area contributed by atoms with Gasteiger partial charge in [-0.05, 0) is 122 Å². The van der Waals surface area contributed by atoms with E-state index in [9.17, 15) is 22.8 Å². The van der Waals surface area contributed by atoms with Gasteiger partial charge >= 0.3 is 12.1 Å². The lowest BCUT2D eigenvalue weighted by Gasteiger charge is -2.14. The molecule has 0 fully saturated rings. The molecule has 0 radical (unpaired) electrons. The fourth-order valence-corrected chi connectivity index (χ4v) is 6.00. The van der Waals surface area contributed by atoms with Crippen molar-refractivity contribution in [1.82, 2.24) is 10.3 Å². The van der Waals surface area contributed by atoms with Gasteiger partial charge in [0.1, 0.15) is 18.1 Å². The maximum atomic E-state index is 12.8. The molecule has 0 amide bonds. The minimum Gasteiger partial charge on any atom is -0.489 e. The van der Waals surface area contributed by atoms with Gasteiger partial charge in [0.05, 0.1) is 11.1 Å². The second kappa shape index (κ2) is 20.3. The highest BCUT2D eigenvalue weighted by atomic mass is 35.5. The molecule has 0 saturated carbocycles. The standard InChI is InChI=1S/C31H27ClF3NO3.C10H11NO.CH4O/c32-28-19-25(22-11-13-27(14-12-22)31(33,34)35)9-10-26(28)20-39-29-4-2-1-3-23(29)16-18-36-17-15-21-5-7-24(8-6-21)30(37)38;12-7-9-6-5-8-3-1-2-4-10(8)11-9;1-2/h1-14,19,36H,15-18,20H2,(H,37,38);5-7H,1-4H2;2H,1H3. The Morgan fingerprint density at radius 2 is 1.53 bits per heavy atom.